The number of benzene rings is 2. The Morgan fingerprint density at radius 1 is 1.04 bits per heavy atom. The lowest BCUT2D eigenvalue weighted by molar-refractivity contribution is -0.122. The Kier molecular flexibility index (Phi) is 8.12. The van der Waals surface area contributed by atoms with Gasteiger partial charge in [-0.2, -0.15) is 0 Å². The van der Waals surface area contributed by atoms with Gasteiger partial charge in [0.2, 0.25) is 5.91 Å². The number of carbonyl (C=O) groups excluding carboxylic acids is 1. The van der Waals surface area contributed by atoms with Crippen molar-refractivity contribution in [2.75, 3.05) is 13.2 Å². The minimum absolute atomic E-state index is 0.0294. The second-order valence-corrected chi connectivity index (χ2v) is 6.51. The van der Waals surface area contributed by atoms with Crippen molar-refractivity contribution in [3.8, 4) is 5.75 Å². The van der Waals surface area contributed by atoms with E-state index in [9.17, 15) is 15.0 Å². The van der Waals surface area contributed by atoms with Crippen LogP contribution < -0.4 is 5.32 Å². The molecule has 0 saturated heterocycles. The van der Waals surface area contributed by atoms with E-state index in [1.165, 1.54) is 0 Å². The summed E-state index contributed by atoms with van der Waals surface area (Å²) in [6, 6.07) is 16.6. The van der Waals surface area contributed by atoms with Gasteiger partial charge in [0.1, 0.15) is 5.75 Å². The van der Waals surface area contributed by atoms with Crippen molar-refractivity contribution in [2.45, 2.75) is 38.3 Å². The number of aromatic hydroxyl groups is 1. The molecule has 0 bridgehead atoms. The second-order valence-electron chi connectivity index (χ2n) is 6.51. The molecule has 0 spiro atoms. The van der Waals surface area contributed by atoms with Crippen molar-refractivity contribution in [1.29, 1.82) is 0 Å². The zero-order chi connectivity index (χ0) is 18.8. The molecule has 0 aliphatic heterocycles. The molecule has 2 rings (SSSR count). The minimum atomic E-state index is -0.543. The highest BCUT2D eigenvalue weighted by Crippen LogP contribution is 2.12. The van der Waals surface area contributed by atoms with Crippen LogP contribution in [0.1, 0.15) is 24.5 Å². The van der Waals surface area contributed by atoms with Crippen LogP contribution >= 0.6 is 0 Å². The van der Waals surface area contributed by atoms with Gasteiger partial charge >= 0.3 is 0 Å². The normalized spacial score (nSPS) is 13.2. The average Bonchev–Trinajstić information content (AvgIpc) is 2.62. The SMILES string of the molecule is CC(O)COCC(Cc1ccc(O)cc1)NC(=O)CCc1ccccc1. The molecule has 2 aromatic carbocycles. The van der Waals surface area contributed by atoms with Crippen molar-refractivity contribution in [1.82, 2.24) is 5.32 Å². The number of phenolic OH excluding ortho intramolecular Hbond substituents is 1. The molecule has 0 heterocycles. The highest BCUT2D eigenvalue weighted by Gasteiger charge is 2.14. The van der Waals surface area contributed by atoms with E-state index in [1.807, 2.05) is 42.5 Å². The molecule has 0 aliphatic carbocycles. The van der Waals surface area contributed by atoms with Crippen molar-refractivity contribution >= 4 is 5.91 Å². The van der Waals surface area contributed by atoms with Crippen LogP contribution in [-0.4, -0.2) is 41.5 Å². The summed E-state index contributed by atoms with van der Waals surface area (Å²) >= 11 is 0. The maximum absolute atomic E-state index is 12.3. The van der Waals surface area contributed by atoms with Gasteiger partial charge in [0.25, 0.3) is 0 Å². The third-order valence-electron chi connectivity index (χ3n) is 3.95. The molecule has 5 heteroatoms. The number of aliphatic hydroxyl groups is 1. The van der Waals surface area contributed by atoms with Gasteiger partial charge < -0.3 is 20.3 Å². The summed E-state index contributed by atoms with van der Waals surface area (Å²) in [5.74, 6) is 0.181. The number of nitrogens with one attached hydrogen (secondary N) is 1. The van der Waals surface area contributed by atoms with Gasteiger partial charge in [-0.05, 0) is 43.0 Å². The van der Waals surface area contributed by atoms with E-state index in [4.69, 9.17) is 4.74 Å². The number of aliphatic hydroxyl groups excluding tert-OH is 1. The maximum Gasteiger partial charge on any atom is 0.220 e. The van der Waals surface area contributed by atoms with Crippen molar-refractivity contribution < 1.29 is 19.7 Å². The Morgan fingerprint density at radius 2 is 1.73 bits per heavy atom. The molecule has 2 aromatic rings. The highest BCUT2D eigenvalue weighted by atomic mass is 16.5. The van der Waals surface area contributed by atoms with E-state index < -0.39 is 6.10 Å². The Bertz CT molecular complexity index is 655. The van der Waals surface area contributed by atoms with Crippen LogP contribution in [0.15, 0.2) is 54.6 Å². The van der Waals surface area contributed by atoms with E-state index in [-0.39, 0.29) is 24.3 Å². The van der Waals surface area contributed by atoms with E-state index in [0.717, 1.165) is 11.1 Å². The molecule has 3 N–H and O–H groups in total. The van der Waals surface area contributed by atoms with Crippen LogP contribution in [0, 0.1) is 0 Å². The van der Waals surface area contributed by atoms with E-state index in [0.29, 0.717) is 25.9 Å². The van der Waals surface area contributed by atoms with E-state index in [1.54, 1.807) is 19.1 Å². The first-order valence-electron chi connectivity index (χ1n) is 8.90. The first kappa shape index (κ1) is 19.9. The average molecular weight is 357 g/mol. The molecule has 5 nitrogen and oxygen atoms in total. The lowest BCUT2D eigenvalue weighted by atomic mass is 10.1. The minimum Gasteiger partial charge on any atom is -0.508 e. The number of carbonyl (C=O) groups is 1. The molecule has 0 radical (unpaired) electrons. The predicted molar refractivity (Wildman–Crippen MR) is 101 cm³/mol. The monoisotopic (exact) mass is 357 g/mol. The molecule has 0 aromatic heterocycles. The Morgan fingerprint density at radius 3 is 2.38 bits per heavy atom. The molecule has 0 saturated carbocycles. The van der Waals surface area contributed by atoms with Crippen molar-refractivity contribution in [3.05, 3.63) is 65.7 Å². The lowest BCUT2D eigenvalue weighted by Gasteiger charge is -2.20. The number of ether oxygens (including phenoxy) is 1. The number of aryl methyl sites for hydroxylation is 1. The molecule has 140 valence electrons. The molecule has 2 unspecified atom stereocenters. The van der Waals surface area contributed by atoms with Crippen LogP contribution in [0.3, 0.4) is 0 Å². The van der Waals surface area contributed by atoms with E-state index in [2.05, 4.69) is 5.32 Å². The molecular formula is C21H27NO4. The van der Waals surface area contributed by atoms with Gasteiger partial charge in [-0.25, -0.2) is 0 Å². The zero-order valence-corrected chi connectivity index (χ0v) is 15.1. The van der Waals surface area contributed by atoms with Crippen LogP contribution in [-0.2, 0) is 22.4 Å². The lowest BCUT2D eigenvalue weighted by Crippen LogP contribution is -2.40. The molecule has 0 fully saturated rings. The number of rotatable bonds is 10. The fourth-order valence-corrected chi connectivity index (χ4v) is 2.65. The first-order valence-corrected chi connectivity index (χ1v) is 8.90. The highest BCUT2D eigenvalue weighted by molar-refractivity contribution is 5.76. The third kappa shape index (κ3) is 7.68. The van der Waals surface area contributed by atoms with Gasteiger partial charge in [0.15, 0.2) is 0 Å². The van der Waals surface area contributed by atoms with Crippen LogP contribution in [0.4, 0.5) is 0 Å². The summed E-state index contributed by atoms with van der Waals surface area (Å²) in [4.78, 5) is 12.3. The van der Waals surface area contributed by atoms with Crippen LogP contribution in [0.25, 0.3) is 0 Å². The Balaban J connectivity index is 1.88. The summed E-state index contributed by atoms with van der Waals surface area (Å²) in [5.41, 5.74) is 2.12. The maximum atomic E-state index is 12.3. The first-order chi connectivity index (χ1) is 12.5. The molecular weight excluding hydrogens is 330 g/mol. The molecule has 1 amide bonds. The summed E-state index contributed by atoms with van der Waals surface area (Å²) in [6.45, 7) is 2.21. The zero-order valence-electron chi connectivity index (χ0n) is 15.1. The molecule has 26 heavy (non-hydrogen) atoms. The van der Waals surface area contributed by atoms with Gasteiger partial charge in [0, 0.05) is 6.42 Å². The summed E-state index contributed by atoms with van der Waals surface area (Å²) in [7, 11) is 0. The third-order valence-corrected chi connectivity index (χ3v) is 3.95. The molecule has 0 aliphatic rings. The summed E-state index contributed by atoms with van der Waals surface area (Å²) < 4.78 is 5.50. The van der Waals surface area contributed by atoms with Gasteiger partial charge in [0.05, 0.1) is 25.4 Å². The number of hydrogen-bond donors (Lipinski definition) is 3. The fraction of sp³-hybridized carbons (Fsp3) is 0.381. The quantitative estimate of drug-likeness (QED) is 0.610. The number of phenols is 1. The van der Waals surface area contributed by atoms with Crippen LogP contribution in [0.2, 0.25) is 0 Å². The second kappa shape index (κ2) is 10.6. The van der Waals surface area contributed by atoms with Gasteiger partial charge in [-0.1, -0.05) is 42.5 Å². The number of amides is 1. The standard InChI is InChI=1S/C21H27NO4/c1-16(23)14-26-15-19(13-18-7-10-20(24)11-8-18)22-21(25)12-9-17-5-3-2-4-6-17/h2-8,10-11,16,19,23-24H,9,12-15H2,1H3,(H,22,25). The Hall–Kier alpha value is -2.37. The fourth-order valence-electron chi connectivity index (χ4n) is 2.65. The van der Waals surface area contributed by atoms with Gasteiger partial charge in [-0.3, -0.25) is 4.79 Å². The molecule has 2 atom stereocenters. The number of hydrogen-bond acceptors (Lipinski definition) is 4. The summed E-state index contributed by atoms with van der Waals surface area (Å²) in [6.07, 6.45) is 1.15. The largest absolute Gasteiger partial charge is 0.508 e. The van der Waals surface area contributed by atoms with Crippen molar-refractivity contribution in [3.63, 3.8) is 0 Å². The van der Waals surface area contributed by atoms with Crippen molar-refractivity contribution in [2.24, 2.45) is 0 Å². The Labute approximate surface area is 154 Å². The van der Waals surface area contributed by atoms with Crippen LogP contribution in [0.5, 0.6) is 5.75 Å². The smallest absolute Gasteiger partial charge is 0.220 e. The van der Waals surface area contributed by atoms with E-state index >= 15 is 0 Å². The topological polar surface area (TPSA) is 78.8 Å². The predicted octanol–water partition coefficient (Wildman–Crippen LogP) is 2.45. The van der Waals surface area contributed by atoms with Gasteiger partial charge in [-0.15, -0.1) is 0 Å². The summed E-state index contributed by atoms with van der Waals surface area (Å²) in [5, 5.41) is 21.7.